The van der Waals surface area contributed by atoms with Gasteiger partial charge in [-0.05, 0) is 18.2 Å². The molecule has 2 N–H and O–H groups in total. The fraction of sp³-hybridized carbons (Fsp3) is 0.143. The van der Waals surface area contributed by atoms with E-state index in [1.54, 1.807) is 0 Å². The minimum atomic E-state index is -4.33. The minimum absolute atomic E-state index is 0. The molecule has 0 aliphatic heterocycles. The summed E-state index contributed by atoms with van der Waals surface area (Å²) in [5.41, 5.74) is 4.80. The molecule has 0 spiro atoms. The molecule has 0 saturated carbocycles. The van der Waals surface area contributed by atoms with E-state index in [4.69, 9.17) is 5.73 Å². The second-order valence-corrected chi connectivity index (χ2v) is 2.75. The highest BCUT2D eigenvalue weighted by molar-refractivity contribution is 7.80. The van der Waals surface area contributed by atoms with Crippen molar-refractivity contribution in [2.45, 2.75) is 11.1 Å². The monoisotopic (exact) mass is 229 g/mol. The topological polar surface area (TPSA) is 26.0 Å². The quantitative estimate of drug-likeness (QED) is 0.519. The largest absolute Gasteiger partial charge is 0.416 e. The fourth-order valence-corrected chi connectivity index (χ4v) is 0.934. The lowest BCUT2D eigenvalue weighted by atomic mass is 10.2. The van der Waals surface area contributed by atoms with E-state index in [9.17, 15) is 13.2 Å². The van der Waals surface area contributed by atoms with Crippen LogP contribution in [0.25, 0.3) is 0 Å². The molecule has 0 unspecified atom stereocenters. The summed E-state index contributed by atoms with van der Waals surface area (Å²) in [7, 11) is 0. The van der Waals surface area contributed by atoms with Crippen molar-refractivity contribution in [1.82, 2.24) is 0 Å². The van der Waals surface area contributed by atoms with Gasteiger partial charge in [-0.3, -0.25) is 0 Å². The van der Waals surface area contributed by atoms with E-state index >= 15 is 0 Å². The van der Waals surface area contributed by atoms with E-state index in [-0.39, 0.29) is 23.0 Å². The van der Waals surface area contributed by atoms with E-state index in [2.05, 4.69) is 12.6 Å². The van der Waals surface area contributed by atoms with Crippen LogP contribution < -0.4 is 5.73 Å². The van der Waals surface area contributed by atoms with Crippen LogP contribution in [0.15, 0.2) is 23.1 Å². The van der Waals surface area contributed by atoms with Crippen molar-refractivity contribution in [2.75, 3.05) is 5.73 Å². The van der Waals surface area contributed by atoms with Crippen molar-refractivity contribution in [3.8, 4) is 0 Å². The summed E-state index contributed by atoms with van der Waals surface area (Å²) in [5.74, 6) is 0. The van der Waals surface area contributed by atoms with Crippen LogP contribution in [0.3, 0.4) is 0 Å². The van der Waals surface area contributed by atoms with Gasteiger partial charge in [0.05, 0.1) is 5.56 Å². The van der Waals surface area contributed by atoms with Crippen LogP contribution in [0.4, 0.5) is 18.9 Å². The maximum absolute atomic E-state index is 12.0. The molecule has 0 aliphatic rings. The average Bonchev–Trinajstić information content (AvgIpc) is 1.92. The maximum Gasteiger partial charge on any atom is 0.416 e. The number of alkyl halides is 3. The minimum Gasteiger partial charge on any atom is -0.398 e. The lowest BCUT2D eigenvalue weighted by molar-refractivity contribution is -0.137. The Morgan fingerprint density at radius 2 is 1.77 bits per heavy atom. The third kappa shape index (κ3) is 3.00. The van der Waals surface area contributed by atoms with Crippen molar-refractivity contribution in [1.29, 1.82) is 0 Å². The van der Waals surface area contributed by atoms with Crippen molar-refractivity contribution < 1.29 is 13.2 Å². The van der Waals surface area contributed by atoms with Gasteiger partial charge in [-0.1, -0.05) is 0 Å². The SMILES string of the molecule is Cl.Nc1ccc(C(F)(F)F)cc1S. The molecule has 0 heterocycles. The Labute approximate surface area is 84.9 Å². The first kappa shape index (κ1) is 12.4. The zero-order valence-electron chi connectivity index (χ0n) is 6.30. The Hall–Kier alpha value is -0.550. The second kappa shape index (κ2) is 4.11. The first-order valence-corrected chi connectivity index (χ1v) is 3.51. The first-order valence-electron chi connectivity index (χ1n) is 3.07. The molecule has 13 heavy (non-hydrogen) atoms. The van der Waals surface area contributed by atoms with Crippen LogP contribution in [0.1, 0.15) is 5.56 Å². The average molecular weight is 230 g/mol. The lowest BCUT2D eigenvalue weighted by Crippen LogP contribution is -2.05. The van der Waals surface area contributed by atoms with Crippen LogP contribution in [-0.2, 0) is 6.18 Å². The Balaban J connectivity index is 0.00000144. The Bertz CT molecular complexity index is 300. The molecule has 0 atom stereocenters. The summed E-state index contributed by atoms with van der Waals surface area (Å²) < 4.78 is 36.1. The molecular weight excluding hydrogens is 223 g/mol. The number of hydrogen-bond acceptors (Lipinski definition) is 2. The van der Waals surface area contributed by atoms with E-state index in [1.807, 2.05) is 0 Å². The van der Waals surface area contributed by atoms with Gasteiger partial charge < -0.3 is 5.73 Å². The van der Waals surface area contributed by atoms with E-state index in [0.29, 0.717) is 0 Å². The van der Waals surface area contributed by atoms with Gasteiger partial charge in [-0.25, -0.2) is 0 Å². The number of thiol groups is 1. The molecule has 74 valence electrons. The van der Waals surface area contributed by atoms with Crippen LogP contribution in [-0.4, -0.2) is 0 Å². The highest BCUT2D eigenvalue weighted by Gasteiger charge is 2.30. The molecule has 0 radical (unpaired) electrons. The van der Waals surface area contributed by atoms with Crippen LogP contribution >= 0.6 is 25.0 Å². The molecule has 6 heteroatoms. The Kier molecular flexibility index (Phi) is 3.93. The molecule has 0 saturated heterocycles. The molecule has 1 nitrogen and oxygen atoms in total. The molecule has 1 aromatic rings. The van der Waals surface area contributed by atoms with Crippen molar-refractivity contribution in [2.24, 2.45) is 0 Å². The predicted octanol–water partition coefficient (Wildman–Crippen LogP) is 3.00. The number of nitrogens with two attached hydrogens (primary N) is 1. The maximum atomic E-state index is 12.0. The van der Waals surface area contributed by atoms with Gasteiger partial charge in [0.1, 0.15) is 0 Å². The zero-order valence-corrected chi connectivity index (χ0v) is 8.01. The summed E-state index contributed by atoms with van der Waals surface area (Å²) in [4.78, 5) is 0.143. The molecule has 0 aromatic heterocycles. The normalized spacial score (nSPS) is 10.8. The van der Waals surface area contributed by atoms with Gasteiger partial charge >= 0.3 is 6.18 Å². The van der Waals surface area contributed by atoms with Crippen molar-refractivity contribution in [3.63, 3.8) is 0 Å². The second-order valence-electron chi connectivity index (χ2n) is 2.27. The number of nitrogen functional groups attached to an aromatic ring is 1. The zero-order chi connectivity index (χ0) is 9.35. The fourth-order valence-electron chi connectivity index (χ4n) is 0.720. The van der Waals surface area contributed by atoms with Gasteiger partial charge in [-0.15, -0.1) is 25.0 Å². The van der Waals surface area contributed by atoms with Gasteiger partial charge in [0.25, 0.3) is 0 Å². The number of rotatable bonds is 0. The molecular formula is C7H7ClF3NS. The first-order chi connectivity index (χ1) is 5.41. The third-order valence-electron chi connectivity index (χ3n) is 1.36. The third-order valence-corrected chi connectivity index (χ3v) is 1.75. The standard InChI is InChI=1S/C7H6F3NS.ClH/c8-7(9,10)4-1-2-5(11)6(12)3-4;/h1-3,12H,11H2;1H. The molecule has 1 rings (SSSR count). The smallest absolute Gasteiger partial charge is 0.398 e. The molecule has 0 fully saturated rings. The highest BCUT2D eigenvalue weighted by Crippen LogP contribution is 2.31. The van der Waals surface area contributed by atoms with E-state index < -0.39 is 11.7 Å². The Morgan fingerprint density at radius 3 is 2.15 bits per heavy atom. The summed E-state index contributed by atoms with van der Waals surface area (Å²) >= 11 is 3.77. The molecule has 0 aliphatic carbocycles. The van der Waals surface area contributed by atoms with Crippen molar-refractivity contribution in [3.05, 3.63) is 23.8 Å². The van der Waals surface area contributed by atoms with E-state index in [0.717, 1.165) is 12.1 Å². The predicted molar refractivity (Wildman–Crippen MR) is 50.4 cm³/mol. The van der Waals surface area contributed by atoms with Crippen LogP contribution in [0.2, 0.25) is 0 Å². The van der Waals surface area contributed by atoms with Gasteiger partial charge in [-0.2, -0.15) is 13.2 Å². The van der Waals surface area contributed by atoms with Gasteiger partial charge in [0.15, 0.2) is 0 Å². The highest BCUT2D eigenvalue weighted by atomic mass is 35.5. The Morgan fingerprint density at radius 1 is 1.23 bits per heavy atom. The van der Waals surface area contributed by atoms with Crippen LogP contribution in [0.5, 0.6) is 0 Å². The van der Waals surface area contributed by atoms with Crippen molar-refractivity contribution >= 4 is 30.7 Å². The number of halogens is 4. The lowest BCUT2D eigenvalue weighted by Gasteiger charge is -2.07. The number of anilines is 1. The number of hydrogen-bond donors (Lipinski definition) is 2. The summed E-state index contributed by atoms with van der Waals surface area (Å²) in [6.07, 6.45) is -4.33. The number of benzene rings is 1. The molecule has 0 amide bonds. The molecule has 0 bridgehead atoms. The summed E-state index contributed by atoms with van der Waals surface area (Å²) in [6.45, 7) is 0. The summed E-state index contributed by atoms with van der Waals surface area (Å²) in [5, 5.41) is 0. The van der Waals surface area contributed by atoms with Crippen LogP contribution in [0, 0.1) is 0 Å². The van der Waals surface area contributed by atoms with Gasteiger partial charge in [0.2, 0.25) is 0 Å². The summed E-state index contributed by atoms with van der Waals surface area (Å²) in [6, 6.07) is 3.01. The van der Waals surface area contributed by atoms with Gasteiger partial charge in [0, 0.05) is 10.6 Å². The molecule has 1 aromatic carbocycles. The van der Waals surface area contributed by atoms with E-state index in [1.165, 1.54) is 6.07 Å².